The topological polar surface area (TPSA) is 110 Å². The van der Waals surface area contributed by atoms with E-state index in [1.807, 2.05) is 0 Å². The Morgan fingerprint density at radius 1 is 1.22 bits per heavy atom. The van der Waals surface area contributed by atoms with Crippen LogP contribution in [0.25, 0.3) is 11.3 Å². The first-order chi connectivity index (χ1) is 15.6. The van der Waals surface area contributed by atoms with Crippen LogP contribution in [0.15, 0.2) is 18.5 Å². The summed E-state index contributed by atoms with van der Waals surface area (Å²) in [4.78, 5) is 25.0. The van der Waals surface area contributed by atoms with Crippen LogP contribution in [0.3, 0.4) is 0 Å². The lowest BCUT2D eigenvalue weighted by atomic mass is 10.0. The van der Waals surface area contributed by atoms with Crippen molar-refractivity contribution < 1.29 is 18.7 Å². The second-order valence-corrected chi connectivity index (χ2v) is 8.25. The van der Waals surface area contributed by atoms with E-state index in [1.54, 1.807) is 6.07 Å². The Morgan fingerprint density at radius 2 is 2.06 bits per heavy atom. The molecule has 0 spiro atoms. The first kappa shape index (κ1) is 22.8. The number of nitrogens with one attached hydrogen (secondary N) is 3. The largest absolute Gasteiger partial charge is 0.381 e. The van der Waals surface area contributed by atoms with Crippen LogP contribution in [0.1, 0.15) is 12.8 Å². The Morgan fingerprint density at radius 3 is 2.91 bits per heavy atom. The molecule has 2 saturated heterocycles. The van der Waals surface area contributed by atoms with Crippen molar-refractivity contribution in [3.8, 4) is 11.3 Å². The van der Waals surface area contributed by atoms with E-state index in [0.29, 0.717) is 74.1 Å². The molecule has 0 aliphatic carbocycles. The maximum atomic E-state index is 14.2. The summed E-state index contributed by atoms with van der Waals surface area (Å²) in [5, 5.41) is 9.33. The molecule has 11 heteroatoms. The number of hydrogen-bond acceptors (Lipinski definition) is 8. The summed E-state index contributed by atoms with van der Waals surface area (Å²) in [6, 6.07) is 1.61. The number of rotatable bonds is 6. The molecule has 4 heterocycles. The Kier molecular flexibility index (Phi) is 7.80. The van der Waals surface area contributed by atoms with E-state index in [0.717, 1.165) is 12.8 Å². The summed E-state index contributed by atoms with van der Waals surface area (Å²) >= 11 is 6.33. The zero-order valence-corrected chi connectivity index (χ0v) is 18.3. The molecule has 2 aliphatic rings. The average Bonchev–Trinajstić information content (AvgIpc) is 3.10. The van der Waals surface area contributed by atoms with E-state index >= 15 is 0 Å². The van der Waals surface area contributed by atoms with Crippen LogP contribution < -0.4 is 16.0 Å². The summed E-state index contributed by atoms with van der Waals surface area (Å²) in [5.74, 6) is -0.437. The molecule has 2 aromatic rings. The number of aromatic nitrogens is 3. The van der Waals surface area contributed by atoms with Crippen LogP contribution in [0.4, 0.5) is 16.0 Å². The molecule has 172 valence electrons. The van der Waals surface area contributed by atoms with Crippen molar-refractivity contribution in [2.45, 2.75) is 12.8 Å². The van der Waals surface area contributed by atoms with Gasteiger partial charge in [0.2, 0.25) is 5.91 Å². The van der Waals surface area contributed by atoms with Crippen LogP contribution in [-0.4, -0.2) is 66.9 Å². The summed E-state index contributed by atoms with van der Waals surface area (Å²) in [7, 11) is 0. The maximum Gasteiger partial charge on any atom is 0.255 e. The molecule has 4 rings (SSSR count). The van der Waals surface area contributed by atoms with Gasteiger partial charge in [0.05, 0.1) is 36.0 Å². The van der Waals surface area contributed by atoms with Crippen LogP contribution in [0.5, 0.6) is 0 Å². The second kappa shape index (κ2) is 11.0. The molecule has 0 bridgehead atoms. The van der Waals surface area contributed by atoms with Gasteiger partial charge in [0.1, 0.15) is 5.82 Å². The smallest absolute Gasteiger partial charge is 0.255 e. The Bertz CT molecular complexity index is 936. The highest BCUT2D eigenvalue weighted by atomic mass is 35.5. The number of carbonyl (C=O) groups excluding carboxylic acids is 1. The fourth-order valence-corrected chi connectivity index (χ4v) is 3.81. The minimum Gasteiger partial charge on any atom is -0.381 e. The van der Waals surface area contributed by atoms with E-state index in [2.05, 4.69) is 30.9 Å². The van der Waals surface area contributed by atoms with Gasteiger partial charge in [0, 0.05) is 44.6 Å². The molecule has 2 aliphatic heterocycles. The summed E-state index contributed by atoms with van der Waals surface area (Å²) in [6.45, 7) is 4.15. The molecular formula is C21H26ClFN6O3. The first-order valence-electron chi connectivity index (χ1n) is 10.7. The molecule has 2 aromatic heterocycles. The summed E-state index contributed by atoms with van der Waals surface area (Å²) < 4.78 is 25.0. The fourth-order valence-electron chi connectivity index (χ4n) is 3.61. The SMILES string of the molecule is O=C(Nc1cc(-c2cnc(F)c(NCC3CCOCC3)n2)c(Cl)cn1)C1CNCCOC1. The molecule has 1 atom stereocenters. The predicted octanol–water partition coefficient (Wildman–Crippen LogP) is 2.34. The number of amides is 1. The molecule has 1 unspecified atom stereocenters. The number of hydrogen-bond donors (Lipinski definition) is 3. The number of carbonyl (C=O) groups is 1. The standard InChI is InChI=1S/C21H26ClFN6O3/c22-16-10-25-18(29-21(30)14-9-24-3-6-32-12-14)7-15(16)17-11-26-19(23)20(28-17)27-8-13-1-4-31-5-2-13/h7,10-11,13-14,24H,1-6,8-9,12H2,(H,27,28)(H,25,29,30). The predicted molar refractivity (Wildman–Crippen MR) is 118 cm³/mol. The highest BCUT2D eigenvalue weighted by Crippen LogP contribution is 2.29. The number of halogens is 2. The number of pyridine rings is 1. The van der Waals surface area contributed by atoms with Crippen LogP contribution in [0.2, 0.25) is 5.02 Å². The molecule has 0 radical (unpaired) electrons. The van der Waals surface area contributed by atoms with Gasteiger partial charge >= 0.3 is 0 Å². The van der Waals surface area contributed by atoms with Crippen molar-refractivity contribution in [3.63, 3.8) is 0 Å². The molecule has 9 nitrogen and oxygen atoms in total. The van der Waals surface area contributed by atoms with Gasteiger partial charge in [0.25, 0.3) is 5.95 Å². The van der Waals surface area contributed by atoms with E-state index in [1.165, 1.54) is 12.4 Å². The normalized spacial score (nSPS) is 19.9. The molecule has 1 amide bonds. The minimum absolute atomic E-state index is 0.0640. The average molecular weight is 465 g/mol. The van der Waals surface area contributed by atoms with Gasteiger partial charge in [-0.2, -0.15) is 4.39 Å². The van der Waals surface area contributed by atoms with Crippen LogP contribution >= 0.6 is 11.6 Å². The fraction of sp³-hybridized carbons (Fsp3) is 0.524. The van der Waals surface area contributed by atoms with Crippen molar-refractivity contribution in [2.75, 3.05) is 56.7 Å². The monoisotopic (exact) mass is 464 g/mol. The van der Waals surface area contributed by atoms with Gasteiger partial charge < -0.3 is 25.4 Å². The van der Waals surface area contributed by atoms with Crippen molar-refractivity contribution in [3.05, 3.63) is 29.4 Å². The zero-order chi connectivity index (χ0) is 22.3. The lowest BCUT2D eigenvalue weighted by molar-refractivity contribution is -0.121. The third-order valence-corrected chi connectivity index (χ3v) is 5.81. The Hall–Kier alpha value is -2.40. The Labute approximate surface area is 190 Å². The highest BCUT2D eigenvalue weighted by Gasteiger charge is 2.22. The van der Waals surface area contributed by atoms with Crippen LogP contribution in [0, 0.1) is 17.8 Å². The summed E-state index contributed by atoms with van der Waals surface area (Å²) in [6.07, 6.45) is 4.57. The molecule has 3 N–H and O–H groups in total. The molecule has 0 saturated carbocycles. The highest BCUT2D eigenvalue weighted by molar-refractivity contribution is 6.33. The molecule has 0 aromatic carbocycles. The third-order valence-electron chi connectivity index (χ3n) is 5.51. The number of ether oxygens (including phenoxy) is 2. The molecule has 32 heavy (non-hydrogen) atoms. The van der Waals surface area contributed by atoms with Crippen LogP contribution in [-0.2, 0) is 14.3 Å². The van der Waals surface area contributed by atoms with E-state index in [-0.39, 0.29) is 17.6 Å². The maximum absolute atomic E-state index is 14.2. The van der Waals surface area contributed by atoms with E-state index in [9.17, 15) is 9.18 Å². The van der Waals surface area contributed by atoms with E-state index in [4.69, 9.17) is 21.1 Å². The third kappa shape index (κ3) is 5.89. The van der Waals surface area contributed by atoms with Crippen molar-refractivity contribution in [1.29, 1.82) is 0 Å². The lowest BCUT2D eigenvalue weighted by Crippen LogP contribution is -2.33. The van der Waals surface area contributed by atoms with Gasteiger partial charge in [0.15, 0.2) is 5.82 Å². The van der Waals surface area contributed by atoms with Gasteiger partial charge in [-0.3, -0.25) is 4.79 Å². The molecule has 2 fully saturated rings. The van der Waals surface area contributed by atoms with Gasteiger partial charge in [-0.1, -0.05) is 11.6 Å². The van der Waals surface area contributed by atoms with Crippen molar-refractivity contribution in [2.24, 2.45) is 11.8 Å². The number of anilines is 2. The summed E-state index contributed by atoms with van der Waals surface area (Å²) in [5.41, 5.74) is 0.872. The van der Waals surface area contributed by atoms with Crippen molar-refractivity contribution >= 4 is 29.1 Å². The number of nitrogens with zero attached hydrogens (tertiary/aromatic N) is 3. The molecular weight excluding hydrogens is 439 g/mol. The first-order valence-corrected chi connectivity index (χ1v) is 11.1. The van der Waals surface area contributed by atoms with Gasteiger partial charge in [-0.15, -0.1) is 0 Å². The van der Waals surface area contributed by atoms with Gasteiger partial charge in [-0.25, -0.2) is 15.0 Å². The second-order valence-electron chi connectivity index (χ2n) is 7.85. The zero-order valence-electron chi connectivity index (χ0n) is 17.6. The Balaban J connectivity index is 1.48. The van der Waals surface area contributed by atoms with Gasteiger partial charge in [-0.05, 0) is 24.8 Å². The van der Waals surface area contributed by atoms with E-state index < -0.39 is 5.95 Å². The minimum atomic E-state index is -0.680. The quantitative estimate of drug-likeness (QED) is 0.597. The van der Waals surface area contributed by atoms with Crippen molar-refractivity contribution in [1.82, 2.24) is 20.3 Å². The lowest BCUT2D eigenvalue weighted by Gasteiger charge is -2.22.